The van der Waals surface area contributed by atoms with Gasteiger partial charge in [-0.15, -0.1) is 0 Å². The summed E-state index contributed by atoms with van der Waals surface area (Å²) in [4.78, 5) is 18.4. The molecule has 0 aliphatic carbocycles. The van der Waals surface area contributed by atoms with E-state index in [-0.39, 0.29) is 11.9 Å². The van der Waals surface area contributed by atoms with E-state index in [9.17, 15) is 4.79 Å². The van der Waals surface area contributed by atoms with Gasteiger partial charge in [-0.05, 0) is 25.0 Å². The van der Waals surface area contributed by atoms with Gasteiger partial charge in [0.2, 0.25) is 5.88 Å². The topological polar surface area (TPSA) is 51.1 Å². The summed E-state index contributed by atoms with van der Waals surface area (Å²) < 4.78 is 11.4. The summed E-state index contributed by atoms with van der Waals surface area (Å²) in [6, 6.07) is 8.02. The lowest BCUT2D eigenvalue weighted by Crippen LogP contribution is -2.24. The van der Waals surface area contributed by atoms with Gasteiger partial charge in [0.25, 0.3) is 0 Å². The Labute approximate surface area is 182 Å². The molecular formula is C25H38N2O3. The van der Waals surface area contributed by atoms with E-state index in [2.05, 4.69) is 18.8 Å². The van der Waals surface area contributed by atoms with Crippen molar-refractivity contribution in [2.24, 2.45) is 10.9 Å². The number of hydrogen-bond donors (Lipinski definition) is 0. The van der Waals surface area contributed by atoms with Crippen molar-refractivity contribution in [2.45, 2.75) is 78.6 Å². The third kappa shape index (κ3) is 8.60. The fourth-order valence-electron chi connectivity index (χ4n) is 3.43. The van der Waals surface area contributed by atoms with Gasteiger partial charge >= 0.3 is 5.97 Å². The Morgan fingerprint density at radius 2 is 1.87 bits per heavy atom. The monoisotopic (exact) mass is 414 g/mol. The van der Waals surface area contributed by atoms with Crippen molar-refractivity contribution in [2.75, 3.05) is 18.1 Å². The lowest BCUT2D eigenvalue weighted by atomic mass is 10.1. The minimum absolute atomic E-state index is 0.121. The van der Waals surface area contributed by atoms with Crippen LogP contribution in [-0.2, 0) is 9.53 Å². The zero-order valence-corrected chi connectivity index (χ0v) is 18.9. The van der Waals surface area contributed by atoms with Crippen molar-refractivity contribution in [1.82, 2.24) is 0 Å². The number of hydrogen-bond acceptors (Lipinski definition) is 5. The van der Waals surface area contributed by atoms with Crippen molar-refractivity contribution in [3.05, 3.63) is 36.3 Å². The number of nitrogens with zero attached hydrogens (tertiary/aromatic N) is 2. The fourth-order valence-corrected chi connectivity index (χ4v) is 3.43. The molecule has 0 aromatic heterocycles. The van der Waals surface area contributed by atoms with E-state index in [1.807, 2.05) is 36.1 Å². The summed E-state index contributed by atoms with van der Waals surface area (Å²) in [7, 11) is 0. The molecule has 1 aliphatic rings. The van der Waals surface area contributed by atoms with Gasteiger partial charge in [-0.2, -0.15) is 0 Å². The van der Waals surface area contributed by atoms with E-state index in [4.69, 9.17) is 9.47 Å². The Morgan fingerprint density at radius 3 is 2.63 bits per heavy atom. The van der Waals surface area contributed by atoms with Crippen LogP contribution in [-0.4, -0.2) is 25.3 Å². The Kier molecular flexibility index (Phi) is 11.1. The van der Waals surface area contributed by atoms with Crippen molar-refractivity contribution in [1.29, 1.82) is 0 Å². The molecular weight excluding hydrogens is 376 g/mol. The average molecular weight is 415 g/mol. The number of ether oxygens (including phenoxy) is 2. The fraction of sp³-hybridized carbons (Fsp3) is 0.600. The van der Waals surface area contributed by atoms with Crippen molar-refractivity contribution in [3.8, 4) is 5.75 Å². The summed E-state index contributed by atoms with van der Waals surface area (Å²) >= 11 is 0. The summed E-state index contributed by atoms with van der Waals surface area (Å²) in [6.45, 7) is 7.57. The van der Waals surface area contributed by atoms with Crippen LogP contribution in [0.1, 0.15) is 78.6 Å². The van der Waals surface area contributed by atoms with Crippen molar-refractivity contribution in [3.63, 3.8) is 0 Å². The lowest BCUT2D eigenvalue weighted by molar-refractivity contribution is -0.143. The van der Waals surface area contributed by atoms with E-state index in [1.165, 1.54) is 38.5 Å². The van der Waals surface area contributed by atoms with Crippen LogP contribution in [0.3, 0.4) is 0 Å². The summed E-state index contributed by atoms with van der Waals surface area (Å²) in [5.74, 6) is 0.854. The Bertz CT molecular complexity index is 699. The van der Waals surface area contributed by atoms with Crippen LogP contribution in [0.2, 0.25) is 0 Å². The molecule has 0 bridgehead atoms. The quantitative estimate of drug-likeness (QED) is 0.258. The van der Waals surface area contributed by atoms with Gasteiger partial charge < -0.3 is 14.4 Å². The number of aliphatic imine (C=N–C) groups is 1. The first-order chi connectivity index (χ1) is 14.6. The molecule has 5 nitrogen and oxygen atoms in total. The van der Waals surface area contributed by atoms with E-state index in [1.54, 1.807) is 12.4 Å². The average Bonchev–Trinajstić information content (AvgIpc) is 2.76. The van der Waals surface area contributed by atoms with Gasteiger partial charge in [-0.25, -0.2) is 4.99 Å². The van der Waals surface area contributed by atoms with Crippen LogP contribution in [0, 0.1) is 5.92 Å². The highest BCUT2D eigenvalue weighted by Crippen LogP contribution is 2.24. The van der Waals surface area contributed by atoms with Gasteiger partial charge in [0.15, 0.2) is 0 Å². The van der Waals surface area contributed by atoms with Crippen LogP contribution in [0.25, 0.3) is 0 Å². The van der Waals surface area contributed by atoms with Crippen molar-refractivity contribution < 1.29 is 14.3 Å². The summed E-state index contributed by atoms with van der Waals surface area (Å²) in [5.41, 5.74) is 0.994. The van der Waals surface area contributed by atoms with Crippen LogP contribution in [0.5, 0.6) is 5.75 Å². The molecule has 0 spiro atoms. The Balaban J connectivity index is 1.82. The number of rotatable bonds is 14. The summed E-state index contributed by atoms with van der Waals surface area (Å²) in [5, 5.41) is 0. The molecule has 0 N–H and O–H groups in total. The maximum Gasteiger partial charge on any atom is 0.315 e. The lowest BCUT2D eigenvalue weighted by Gasteiger charge is -2.23. The normalized spacial score (nSPS) is 14.4. The largest absolute Gasteiger partial charge is 0.494 e. The maximum absolute atomic E-state index is 12.2. The third-order valence-electron chi connectivity index (χ3n) is 5.26. The number of carbonyl (C=O) groups excluding carboxylic acids is 1. The molecule has 5 heteroatoms. The van der Waals surface area contributed by atoms with Gasteiger partial charge in [0.1, 0.15) is 5.75 Å². The van der Waals surface area contributed by atoms with Gasteiger partial charge in [-0.3, -0.25) is 4.79 Å². The molecule has 2 rings (SSSR count). The first-order valence-corrected chi connectivity index (χ1v) is 11.6. The molecule has 30 heavy (non-hydrogen) atoms. The Morgan fingerprint density at radius 1 is 1.10 bits per heavy atom. The molecule has 0 saturated heterocycles. The molecule has 1 aromatic carbocycles. The van der Waals surface area contributed by atoms with Crippen LogP contribution in [0.4, 0.5) is 5.69 Å². The smallest absolute Gasteiger partial charge is 0.315 e. The van der Waals surface area contributed by atoms with E-state index in [0.717, 1.165) is 37.3 Å². The zero-order chi connectivity index (χ0) is 21.6. The molecule has 0 radical (unpaired) electrons. The van der Waals surface area contributed by atoms with Crippen LogP contribution in [0.15, 0.2) is 41.3 Å². The molecule has 1 aromatic rings. The highest BCUT2D eigenvalue weighted by atomic mass is 16.5. The first-order valence-electron chi connectivity index (χ1n) is 11.6. The van der Waals surface area contributed by atoms with E-state index in [0.29, 0.717) is 12.4 Å². The molecule has 0 amide bonds. The van der Waals surface area contributed by atoms with Crippen LogP contribution < -0.4 is 9.64 Å². The molecule has 1 atom stereocenters. The number of esters is 1. The van der Waals surface area contributed by atoms with Crippen LogP contribution >= 0.6 is 0 Å². The predicted molar refractivity (Wildman–Crippen MR) is 124 cm³/mol. The molecule has 0 saturated carbocycles. The third-order valence-corrected chi connectivity index (χ3v) is 5.26. The first kappa shape index (κ1) is 24.0. The summed E-state index contributed by atoms with van der Waals surface area (Å²) in [6.07, 6.45) is 14.2. The maximum atomic E-state index is 12.2. The minimum atomic E-state index is -0.228. The second-order valence-corrected chi connectivity index (χ2v) is 8.01. The van der Waals surface area contributed by atoms with E-state index < -0.39 is 0 Å². The molecule has 1 heterocycles. The highest BCUT2D eigenvalue weighted by molar-refractivity contribution is 5.75. The SMILES string of the molecule is CCCCCCCCCOc1cccc(N2C=C(OC(=O)C(C)CCC)N=CC2)c1. The second kappa shape index (κ2) is 13.8. The number of anilines is 1. The van der Waals surface area contributed by atoms with Gasteiger partial charge in [-0.1, -0.05) is 71.8 Å². The molecule has 166 valence electrons. The number of benzene rings is 1. The predicted octanol–water partition coefficient (Wildman–Crippen LogP) is 6.49. The van der Waals surface area contributed by atoms with Gasteiger partial charge in [0.05, 0.1) is 25.3 Å². The molecule has 1 unspecified atom stereocenters. The minimum Gasteiger partial charge on any atom is -0.494 e. The number of unbranched alkanes of at least 4 members (excludes halogenated alkanes) is 6. The molecule has 0 fully saturated rings. The standard InChI is InChI=1S/C25H38N2O3/c1-4-6-7-8-9-10-11-18-29-23-15-12-14-22(19-23)27-17-16-26-24(20-27)30-25(28)21(3)13-5-2/h12,14-16,19-21H,4-11,13,17-18H2,1-3H3. The Hall–Kier alpha value is -2.30. The number of carbonyl (C=O) groups is 1. The van der Waals surface area contributed by atoms with Crippen molar-refractivity contribution >= 4 is 17.9 Å². The highest BCUT2D eigenvalue weighted by Gasteiger charge is 2.18. The van der Waals surface area contributed by atoms with E-state index >= 15 is 0 Å². The molecule has 1 aliphatic heterocycles. The second-order valence-electron chi connectivity index (χ2n) is 8.01. The zero-order valence-electron chi connectivity index (χ0n) is 18.9. The van der Waals surface area contributed by atoms with Gasteiger partial charge in [0, 0.05) is 18.0 Å².